The second kappa shape index (κ2) is 7.72. The normalized spacial score (nSPS) is 14.8. The molecule has 1 atom stereocenters. The predicted octanol–water partition coefficient (Wildman–Crippen LogP) is 4.12. The van der Waals surface area contributed by atoms with Crippen molar-refractivity contribution >= 4 is 11.8 Å². The van der Waals surface area contributed by atoms with Gasteiger partial charge in [0.2, 0.25) is 0 Å². The van der Waals surface area contributed by atoms with Crippen LogP contribution in [0.25, 0.3) is 0 Å². The monoisotopic (exact) mass is 186 g/mol. The van der Waals surface area contributed by atoms with Crippen molar-refractivity contribution < 1.29 is 0 Å². The Morgan fingerprint density at radius 1 is 1.50 bits per heavy atom. The fourth-order valence-electron chi connectivity index (χ4n) is 1.02. The Morgan fingerprint density at radius 3 is 2.67 bits per heavy atom. The molecule has 0 aromatic carbocycles. The molecule has 0 amide bonds. The van der Waals surface area contributed by atoms with Crippen LogP contribution >= 0.6 is 11.8 Å². The summed E-state index contributed by atoms with van der Waals surface area (Å²) in [5.74, 6) is 3.46. The lowest BCUT2D eigenvalue weighted by Crippen LogP contribution is -1.98. The van der Waals surface area contributed by atoms with Crippen molar-refractivity contribution in [2.75, 3.05) is 11.5 Å². The van der Waals surface area contributed by atoms with Crippen LogP contribution in [0, 0.1) is 5.92 Å². The van der Waals surface area contributed by atoms with Gasteiger partial charge in [-0.1, -0.05) is 25.5 Å². The maximum Gasteiger partial charge on any atom is -0.00418 e. The van der Waals surface area contributed by atoms with Crippen LogP contribution in [0.3, 0.4) is 0 Å². The Bertz CT molecular complexity index is 127. The first-order chi connectivity index (χ1) is 5.70. The van der Waals surface area contributed by atoms with Crippen LogP contribution in [0.1, 0.15) is 40.5 Å². The molecule has 0 rings (SSSR count). The molecule has 1 heteroatoms. The van der Waals surface area contributed by atoms with Crippen molar-refractivity contribution in [3.63, 3.8) is 0 Å². The molecule has 0 heterocycles. The van der Waals surface area contributed by atoms with Gasteiger partial charge in [0.05, 0.1) is 0 Å². The van der Waals surface area contributed by atoms with E-state index in [4.69, 9.17) is 0 Å². The first-order valence-electron chi connectivity index (χ1n) is 4.90. The number of thioether (sulfide) groups is 1. The lowest BCUT2D eigenvalue weighted by Gasteiger charge is -2.09. The van der Waals surface area contributed by atoms with Crippen LogP contribution in [0.5, 0.6) is 0 Å². The second-order valence-electron chi connectivity index (χ2n) is 3.44. The molecule has 0 fully saturated rings. The highest BCUT2D eigenvalue weighted by molar-refractivity contribution is 7.99. The predicted molar refractivity (Wildman–Crippen MR) is 60.8 cm³/mol. The van der Waals surface area contributed by atoms with Crippen LogP contribution in [0.2, 0.25) is 0 Å². The Balaban J connectivity index is 3.37. The van der Waals surface area contributed by atoms with Gasteiger partial charge in [-0.2, -0.15) is 11.8 Å². The summed E-state index contributed by atoms with van der Waals surface area (Å²) in [7, 11) is 0. The number of hydrogen-bond donors (Lipinski definition) is 0. The van der Waals surface area contributed by atoms with Crippen molar-refractivity contribution in [2.24, 2.45) is 5.92 Å². The summed E-state index contributed by atoms with van der Waals surface area (Å²) in [4.78, 5) is 0. The minimum Gasteiger partial charge on any atom is -0.162 e. The van der Waals surface area contributed by atoms with E-state index in [1.165, 1.54) is 29.9 Å². The molecular weight excluding hydrogens is 164 g/mol. The SMILES string of the molecule is CC=C(C)CCC(C)CSCC. The lowest BCUT2D eigenvalue weighted by molar-refractivity contribution is 0.594. The van der Waals surface area contributed by atoms with Gasteiger partial charge in [0, 0.05) is 0 Å². The summed E-state index contributed by atoms with van der Waals surface area (Å²) in [6, 6.07) is 0. The number of hydrogen-bond acceptors (Lipinski definition) is 1. The Kier molecular flexibility index (Phi) is 7.78. The summed E-state index contributed by atoms with van der Waals surface area (Å²) in [5, 5.41) is 0. The highest BCUT2D eigenvalue weighted by Gasteiger charge is 2.01. The zero-order valence-corrected chi connectivity index (χ0v) is 9.71. The van der Waals surface area contributed by atoms with Gasteiger partial charge in [0.1, 0.15) is 0 Å². The molecule has 0 nitrogen and oxygen atoms in total. The van der Waals surface area contributed by atoms with E-state index in [-0.39, 0.29) is 0 Å². The Hall–Kier alpha value is 0.0900. The molecule has 0 spiro atoms. The first kappa shape index (κ1) is 12.1. The third-order valence-electron chi connectivity index (χ3n) is 2.13. The molecule has 1 unspecified atom stereocenters. The van der Waals surface area contributed by atoms with Crippen LogP contribution in [0.15, 0.2) is 11.6 Å². The highest BCUT2D eigenvalue weighted by Crippen LogP contribution is 2.16. The molecule has 12 heavy (non-hydrogen) atoms. The number of rotatable bonds is 6. The van der Waals surface area contributed by atoms with Gasteiger partial charge < -0.3 is 0 Å². The van der Waals surface area contributed by atoms with Gasteiger partial charge in [-0.25, -0.2) is 0 Å². The number of allylic oxidation sites excluding steroid dienone is 2. The fraction of sp³-hybridized carbons (Fsp3) is 0.818. The summed E-state index contributed by atoms with van der Waals surface area (Å²) >= 11 is 2.06. The van der Waals surface area contributed by atoms with Gasteiger partial charge in [0.25, 0.3) is 0 Å². The van der Waals surface area contributed by atoms with E-state index in [1.807, 2.05) is 0 Å². The largest absolute Gasteiger partial charge is 0.162 e. The third-order valence-corrected chi connectivity index (χ3v) is 3.34. The van der Waals surface area contributed by atoms with E-state index in [1.54, 1.807) is 0 Å². The molecule has 0 aliphatic carbocycles. The van der Waals surface area contributed by atoms with Crippen LogP contribution in [0.4, 0.5) is 0 Å². The molecule has 0 aliphatic heterocycles. The topological polar surface area (TPSA) is 0 Å². The Labute approximate surface area is 81.8 Å². The zero-order chi connectivity index (χ0) is 9.40. The zero-order valence-electron chi connectivity index (χ0n) is 8.89. The van der Waals surface area contributed by atoms with E-state index in [0.29, 0.717) is 0 Å². The molecule has 0 aliphatic rings. The van der Waals surface area contributed by atoms with E-state index in [2.05, 4.69) is 45.5 Å². The van der Waals surface area contributed by atoms with Crippen LogP contribution < -0.4 is 0 Å². The summed E-state index contributed by atoms with van der Waals surface area (Å²) in [6.07, 6.45) is 4.85. The average Bonchev–Trinajstić information content (AvgIpc) is 2.10. The summed E-state index contributed by atoms with van der Waals surface area (Å²) in [6.45, 7) is 8.93. The Morgan fingerprint density at radius 2 is 2.17 bits per heavy atom. The molecule has 0 bridgehead atoms. The first-order valence-corrected chi connectivity index (χ1v) is 6.05. The molecule has 0 N–H and O–H groups in total. The van der Waals surface area contributed by atoms with E-state index in [0.717, 1.165) is 5.92 Å². The van der Waals surface area contributed by atoms with E-state index in [9.17, 15) is 0 Å². The van der Waals surface area contributed by atoms with Gasteiger partial charge in [-0.15, -0.1) is 0 Å². The molecule has 0 aromatic heterocycles. The minimum atomic E-state index is 0.879. The van der Waals surface area contributed by atoms with Crippen molar-refractivity contribution in [1.29, 1.82) is 0 Å². The van der Waals surface area contributed by atoms with Crippen LogP contribution in [-0.4, -0.2) is 11.5 Å². The average molecular weight is 186 g/mol. The van der Waals surface area contributed by atoms with Crippen molar-refractivity contribution in [2.45, 2.75) is 40.5 Å². The van der Waals surface area contributed by atoms with Crippen molar-refractivity contribution in [1.82, 2.24) is 0 Å². The molecule has 0 saturated carbocycles. The van der Waals surface area contributed by atoms with Gasteiger partial charge in [-0.05, 0) is 44.1 Å². The van der Waals surface area contributed by atoms with Gasteiger partial charge in [0.15, 0.2) is 0 Å². The molecule has 0 saturated heterocycles. The second-order valence-corrected chi connectivity index (χ2v) is 4.76. The maximum absolute atomic E-state index is 2.35. The summed E-state index contributed by atoms with van der Waals surface area (Å²) < 4.78 is 0. The molecule has 0 aromatic rings. The highest BCUT2D eigenvalue weighted by atomic mass is 32.2. The molecule has 72 valence electrons. The van der Waals surface area contributed by atoms with E-state index < -0.39 is 0 Å². The minimum absolute atomic E-state index is 0.879. The van der Waals surface area contributed by atoms with Crippen molar-refractivity contribution in [3.05, 3.63) is 11.6 Å². The maximum atomic E-state index is 2.35. The smallest absolute Gasteiger partial charge is 0.00418 e. The third kappa shape index (κ3) is 6.78. The van der Waals surface area contributed by atoms with Crippen molar-refractivity contribution in [3.8, 4) is 0 Å². The van der Waals surface area contributed by atoms with Gasteiger partial charge >= 0.3 is 0 Å². The van der Waals surface area contributed by atoms with E-state index >= 15 is 0 Å². The quantitative estimate of drug-likeness (QED) is 0.562. The molecule has 0 radical (unpaired) electrons. The van der Waals surface area contributed by atoms with Gasteiger partial charge in [-0.3, -0.25) is 0 Å². The fourth-order valence-corrected chi connectivity index (χ4v) is 1.83. The standard InChI is InChI=1S/C11H22S/c1-5-10(3)7-8-11(4)9-12-6-2/h5,11H,6-9H2,1-4H3. The summed E-state index contributed by atoms with van der Waals surface area (Å²) in [5.41, 5.74) is 1.53. The lowest BCUT2D eigenvalue weighted by atomic mass is 10.0. The van der Waals surface area contributed by atoms with Crippen LogP contribution in [-0.2, 0) is 0 Å². The molecular formula is C11H22S.